The van der Waals surface area contributed by atoms with Crippen LogP contribution in [0.4, 0.5) is 5.69 Å². The molecule has 0 radical (unpaired) electrons. The van der Waals surface area contributed by atoms with E-state index in [4.69, 9.17) is 4.74 Å². The summed E-state index contributed by atoms with van der Waals surface area (Å²) in [6.45, 7) is 10.2. The number of hydrogen-bond acceptors (Lipinski definition) is 5. The van der Waals surface area contributed by atoms with Gasteiger partial charge in [0.05, 0.1) is 11.9 Å². The van der Waals surface area contributed by atoms with Crippen LogP contribution in [0.2, 0.25) is 0 Å². The van der Waals surface area contributed by atoms with Crippen LogP contribution in [0.1, 0.15) is 26.3 Å². The maximum Gasteiger partial charge on any atom is 0.268 e. The van der Waals surface area contributed by atoms with Crippen LogP contribution in [0.3, 0.4) is 0 Å². The molecule has 1 aromatic heterocycles. The molecule has 2 atom stereocenters. The number of benzene rings is 1. The standard InChI is InChI=1S/C22H29N5O3/c1-4-26-15-18(13-23-26)14-24-9-11-25(12-10-24)21(28)16(2)27-19-7-5-6-8-20(19)30-17(3)22(27)29/h5-8,13,15-17H,4,9-12,14H2,1-3H3/t16-,17+/m1/s1. The molecule has 8 nitrogen and oxygen atoms in total. The molecule has 0 unspecified atom stereocenters. The zero-order valence-electron chi connectivity index (χ0n) is 17.8. The molecule has 30 heavy (non-hydrogen) atoms. The first-order valence-electron chi connectivity index (χ1n) is 10.6. The molecule has 8 heteroatoms. The maximum atomic E-state index is 13.2. The SMILES string of the molecule is CCn1cc(CN2CCN(C(=O)[C@@H](C)N3C(=O)[C@H](C)Oc4ccccc43)CC2)cn1. The number of piperazine rings is 1. The molecule has 1 aromatic carbocycles. The Hall–Kier alpha value is -2.87. The molecule has 0 spiro atoms. The number of para-hydroxylation sites is 2. The number of fused-ring (bicyclic) bond motifs is 1. The third-order valence-corrected chi connectivity index (χ3v) is 5.86. The van der Waals surface area contributed by atoms with Crippen LogP contribution in [-0.2, 0) is 22.7 Å². The number of nitrogens with zero attached hydrogens (tertiary/aromatic N) is 5. The summed E-state index contributed by atoms with van der Waals surface area (Å²) in [4.78, 5) is 31.8. The van der Waals surface area contributed by atoms with Crippen LogP contribution in [0.15, 0.2) is 36.7 Å². The first kappa shape index (κ1) is 20.4. The highest BCUT2D eigenvalue weighted by Crippen LogP contribution is 2.35. The molecule has 4 rings (SSSR count). The van der Waals surface area contributed by atoms with E-state index in [2.05, 4.69) is 23.1 Å². The van der Waals surface area contributed by atoms with Crippen LogP contribution in [0.5, 0.6) is 5.75 Å². The lowest BCUT2D eigenvalue weighted by molar-refractivity contribution is -0.137. The first-order chi connectivity index (χ1) is 14.5. The van der Waals surface area contributed by atoms with Gasteiger partial charge in [-0.15, -0.1) is 0 Å². The van der Waals surface area contributed by atoms with Crippen LogP contribution in [0, 0.1) is 0 Å². The van der Waals surface area contributed by atoms with Crippen molar-refractivity contribution in [2.24, 2.45) is 0 Å². The van der Waals surface area contributed by atoms with Gasteiger partial charge < -0.3 is 9.64 Å². The predicted octanol–water partition coefficient (Wildman–Crippen LogP) is 1.75. The van der Waals surface area contributed by atoms with Crippen molar-refractivity contribution in [3.8, 4) is 5.75 Å². The summed E-state index contributed by atoms with van der Waals surface area (Å²) in [6, 6.07) is 6.82. The average molecular weight is 412 g/mol. The van der Waals surface area contributed by atoms with Crippen molar-refractivity contribution >= 4 is 17.5 Å². The molecule has 3 heterocycles. The minimum absolute atomic E-state index is 0.0225. The van der Waals surface area contributed by atoms with Crippen molar-refractivity contribution in [2.75, 3.05) is 31.1 Å². The van der Waals surface area contributed by atoms with Gasteiger partial charge in [-0.1, -0.05) is 12.1 Å². The van der Waals surface area contributed by atoms with E-state index < -0.39 is 12.1 Å². The van der Waals surface area contributed by atoms with Gasteiger partial charge in [-0.2, -0.15) is 5.10 Å². The second-order valence-electron chi connectivity index (χ2n) is 7.92. The topological polar surface area (TPSA) is 70.9 Å². The lowest BCUT2D eigenvalue weighted by Crippen LogP contribution is -2.57. The molecule has 1 fully saturated rings. The molecule has 0 aliphatic carbocycles. The van der Waals surface area contributed by atoms with E-state index >= 15 is 0 Å². The molecule has 2 aliphatic heterocycles. The Morgan fingerprint density at radius 2 is 1.97 bits per heavy atom. The van der Waals surface area contributed by atoms with Crippen LogP contribution >= 0.6 is 0 Å². The fraction of sp³-hybridized carbons (Fsp3) is 0.500. The molecule has 0 bridgehead atoms. The second kappa shape index (κ2) is 8.47. The number of carbonyl (C=O) groups is 2. The highest BCUT2D eigenvalue weighted by atomic mass is 16.5. The lowest BCUT2D eigenvalue weighted by atomic mass is 10.1. The largest absolute Gasteiger partial charge is 0.479 e. The summed E-state index contributed by atoms with van der Waals surface area (Å²) in [5.74, 6) is 0.438. The monoisotopic (exact) mass is 411 g/mol. The Balaban J connectivity index is 1.40. The van der Waals surface area contributed by atoms with E-state index in [1.54, 1.807) is 18.7 Å². The summed E-state index contributed by atoms with van der Waals surface area (Å²) in [6.07, 6.45) is 3.38. The number of carbonyl (C=O) groups excluding carboxylic acids is 2. The zero-order chi connectivity index (χ0) is 21.3. The van der Waals surface area contributed by atoms with Crippen molar-refractivity contribution in [1.82, 2.24) is 19.6 Å². The number of amides is 2. The van der Waals surface area contributed by atoms with Gasteiger partial charge in [0.1, 0.15) is 11.8 Å². The minimum atomic E-state index is -0.601. The van der Waals surface area contributed by atoms with Crippen molar-refractivity contribution in [3.63, 3.8) is 0 Å². The van der Waals surface area contributed by atoms with Gasteiger partial charge in [-0.3, -0.25) is 24.1 Å². The Bertz CT molecular complexity index is 919. The molecule has 2 amide bonds. The third-order valence-electron chi connectivity index (χ3n) is 5.86. The summed E-state index contributed by atoms with van der Waals surface area (Å²) in [5, 5.41) is 4.33. The highest BCUT2D eigenvalue weighted by molar-refractivity contribution is 6.05. The van der Waals surface area contributed by atoms with Gasteiger partial charge in [-0.25, -0.2) is 0 Å². The van der Waals surface area contributed by atoms with E-state index in [0.29, 0.717) is 24.5 Å². The molecule has 0 saturated carbocycles. The van der Waals surface area contributed by atoms with Crippen molar-refractivity contribution in [1.29, 1.82) is 0 Å². The quantitative estimate of drug-likeness (QED) is 0.750. The Morgan fingerprint density at radius 1 is 1.23 bits per heavy atom. The third kappa shape index (κ3) is 3.92. The van der Waals surface area contributed by atoms with E-state index in [-0.39, 0.29) is 11.8 Å². The van der Waals surface area contributed by atoms with Crippen molar-refractivity contribution in [3.05, 3.63) is 42.2 Å². The molecular formula is C22H29N5O3. The van der Waals surface area contributed by atoms with Gasteiger partial charge >= 0.3 is 0 Å². The summed E-state index contributed by atoms with van der Waals surface area (Å²) in [7, 11) is 0. The first-order valence-corrected chi connectivity index (χ1v) is 10.6. The molecular weight excluding hydrogens is 382 g/mol. The lowest BCUT2D eigenvalue weighted by Gasteiger charge is -2.40. The number of hydrogen-bond donors (Lipinski definition) is 0. The predicted molar refractivity (Wildman–Crippen MR) is 113 cm³/mol. The van der Waals surface area contributed by atoms with E-state index in [1.807, 2.05) is 40.0 Å². The number of rotatable bonds is 5. The molecule has 1 saturated heterocycles. The van der Waals surface area contributed by atoms with Crippen LogP contribution in [0.25, 0.3) is 0 Å². The summed E-state index contributed by atoms with van der Waals surface area (Å²) >= 11 is 0. The van der Waals surface area contributed by atoms with Gasteiger partial charge in [-0.05, 0) is 32.9 Å². The number of ether oxygens (including phenoxy) is 1. The molecule has 160 valence electrons. The second-order valence-corrected chi connectivity index (χ2v) is 7.92. The van der Waals surface area contributed by atoms with Gasteiger partial charge in [0.2, 0.25) is 5.91 Å². The molecule has 2 aliphatic rings. The van der Waals surface area contributed by atoms with Gasteiger partial charge in [0.25, 0.3) is 5.91 Å². The number of anilines is 1. The average Bonchev–Trinajstić information content (AvgIpc) is 3.22. The summed E-state index contributed by atoms with van der Waals surface area (Å²) in [5.41, 5.74) is 1.85. The molecule has 2 aromatic rings. The van der Waals surface area contributed by atoms with Crippen molar-refractivity contribution in [2.45, 2.75) is 46.0 Å². The number of aryl methyl sites for hydroxylation is 1. The minimum Gasteiger partial charge on any atom is -0.479 e. The molecule has 0 N–H and O–H groups in total. The summed E-state index contributed by atoms with van der Waals surface area (Å²) < 4.78 is 7.63. The Morgan fingerprint density at radius 3 is 2.67 bits per heavy atom. The zero-order valence-corrected chi connectivity index (χ0v) is 17.8. The van der Waals surface area contributed by atoms with E-state index in [1.165, 1.54) is 5.56 Å². The van der Waals surface area contributed by atoms with Gasteiger partial charge in [0, 0.05) is 51.0 Å². The van der Waals surface area contributed by atoms with Crippen LogP contribution in [-0.4, -0.2) is 69.7 Å². The van der Waals surface area contributed by atoms with Crippen LogP contribution < -0.4 is 9.64 Å². The van der Waals surface area contributed by atoms with E-state index in [0.717, 1.165) is 26.2 Å². The Kier molecular flexibility index (Phi) is 5.76. The fourth-order valence-electron chi connectivity index (χ4n) is 4.13. The normalized spacial score (nSPS) is 20.6. The Labute approximate surface area is 177 Å². The maximum absolute atomic E-state index is 13.2. The fourth-order valence-corrected chi connectivity index (χ4v) is 4.13. The number of aromatic nitrogens is 2. The smallest absolute Gasteiger partial charge is 0.268 e. The van der Waals surface area contributed by atoms with Gasteiger partial charge in [0.15, 0.2) is 6.10 Å². The van der Waals surface area contributed by atoms with E-state index in [9.17, 15) is 9.59 Å². The van der Waals surface area contributed by atoms with Crippen molar-refractivity contribution < 1.29 is 14.3 Å². The highest BCUT2D eigenvalue weighted by Gasteiger charge is 2.38.